The summed E-state index contributed by atoms with van der Waals surface area (Å²) in [5, 5.41) is 11.7. The fraction of sp³-hybridized carbons (Fsp3) is 0.444. The highest BCUT2D eigenvalue weighted by Crippen LogP contribution is 2.12. The van der Waals surface area contributed by atoms with E-state index in [1.165, 1.54) is 0 Å². The second kappa shape index (κ2) is 3.85. The van der Waals surface area contributed by atoms with Crippen molar-refractivity contribution in [2.24, 2.45) is 5.41 Å². The van der Waals surface area contributed by atoms with Crippen LogP contribution in [0.5, 0.6) is 0 Å². The second-order valence-electron chi connectivity index (χ2n) is 3.42. The van der Waals surface area contributed by atoms with Gasteiger partial charge in [-0.25, -0.2) is 9.97 Å². The molecule has 0 spiro atoms. The summed E-state index contributed by atoms with van der Waals surface area (Å²) in [6.45, 7) is 4.28. The molecule has 0 aromatic carbocycles. The molecule has 0 amide bonds. The number of anilines is 1. The molecule has 13 heavy (non-hydrogen) atoms. The van der Waals surface area contributed by atoms with Crippen LogP contribution in [0.4, 0.5) is 5.95 Å². The monoisotopic (exact) mass is 176 g/mol. The van der Waals surface area contributed by atoms with Crippen molar-refractivity contribution in [3.8, 4) is 6.07 Å². The Morgan fingerprint density at radius 3 is 2.62 bits per heavy atom. The van der Waals surface area contributed by atoms with Gasteiger partial charge >= 0.3 is 0 Å². The standard InChI is InChI=1S/C9H12N4/c1-9(2,6-10)7-13-8-11-4-3-5-12-8/h3-5H,7H2,1-2H3,(H,11,12,13). The molecular weight excluding hydrogens is 164 g/mol. The van der Waals surface area contributed by atoms with Gasteiger partial charge in [0.05, 0.1) is 11.5 Å². The SMILES string of the molecule is CC(C)(C#N)CNc1ncccn1. The van der Waals surface area contributed by atoms with E-state index >= 15 is 0 Å². The van der Waals surface area contributed by atoms with Gasteiger partial charge in [0, 0.05) is 18.9 Å². The molecule has 0 aliphatic rings. The van der Waals surface area contributed by atoms with Crippen LogP contribution in [-0.2, 0) is 0 Å². The predicted molar refractivity (Wildman–Crippen MR) is 49.9 cm³/mol. The minimum Gasteiger partial charge on any atom is -0.353 e. The lowest BCUT2D eigenvalue weighted by Gasteiger charge is -2.15. The molecule has 0 aliphatic heterocycles. The lowest BCUT2D eigenvalue weighted by Crippen LogP contribution is -2.21. The molecule has 1 aromatic rings. The first-order chi connectivity index (χ1) is 6.14. The normalized spacial score (nSPS) is 10.5. The first-order valence-corrected chi connectivity index (χ1v) is 4.06. The third-order valence-corrected chi connectivity index (χ3v) is 1.56. The zero-order valence-corrected chi connectivity index (χ0v) is 7.78. The molecule has 1 heterocycles. The van der Waals surface area contributed by atoms with Crippen LogP contribution in [0, 0.1) is 16.7 Å². The van der Waals surface area contributed by atoms with Crippen LogP contribution in [0.15, 0.2) is 18.5 Å². The molecule has 0 atom stereocenters. The topological polar surface area (TPSA) is 61.6 Å². The van der Waals surface area contributed by atoms with Crippen molar-refractivity contribution in [3.63, 3.8) is 0 Å². The quantitative estimate of drug-likeness (QED) is 0.756. The van der Waals surface area contributed by atoms with E-state index in [2.05, 4.69) is 21.4 Å². The molecule has 0 fully saturated rings. The van der Waals surface area contributed by atoms with Gasteiger partial charge in [-0.15, -0.1) is 0 Å². The lowest BCUT2D eigenvalue weighted by atomic mass is 9.96. The third kappa shape index (κ3) is 3.08. The summed E-state index contributed by atoms with van der Waals surface area (Å²) in [7, 11) is 0. The number of rotatable bonds is 3. The van der Waals surface area contributed by atoms with Crippen LogP contribution in [-0.4, -0.2) is 16.5 Å². The van der Waals surface area contributed by atoms with Gasteiger partial charge in [-0.05, 0) is 19.9 Å². The molecule has 4 nitrogen and oxygen atoms in total. The highest BCUT2D eigenvalue weighted by Gasteiger charge is 2.16. The Bertz CT molecular complexity index is 299. The molecule has 1 aromatic heterocycles. The van der Waals surface area contributed by atoms with Crippen LogP contribution >= 0.6 is 0 Å². The fourth-order valence-corrected chi connectivity index (χ4v) is 0.730. The van der Waals surface area contributed by atoms with Gasteiger partial charge in [0.25, 0.3) is 0 Å². The summed E-state index contributed by atoms with van der Waals surface area (Å²) in [6.07, 6.45) is 3.32. The maximum absolute atomic E-state index is 8.74. The third-order valence-electron chi connectivity index (χ3n) is 1.56. The van der Waals surface area contributed by atoms with E-state index < -0.39 is 0 Å². The van der Waals surface area contributed by atoms with Crippen LogP contribution in [0.2, 0.25) is 0 Å². The molecule has 0 saturated heterocycles. The van der Waals surface area contributed by atoms with Crippen molar-refractivity contribution in [2.45, 2.75) is 13.8 Å². The van der Waals surface area contributed by atoms with E-state index in [0.29, 0.717) is 12.5 Å². The number of hydrogen-bond donors (Lipinski definition) is 1. The summed E-state index contributed by atoms with van der Waals surface area (Å²) >= 11 is 0. The van der Waals surface area contributed by atoms with E-state index in [0.717, 1.165) is 0 Å². The molecule has 0 bridgehead atoms. The maximum atomic E-state index is 8.74. The van der Waals surface area contributed by atoms with Gasteiger partial charge < -0.3 is 5.32 Å². The van der Waals surface area contributed by atoms with Gasteiger partial charge in [-0.3, -0.25) is 0 Å². The molecule has 0 aliphatic carbocycles. The van der Waals surface area contributed by atoms with Crippen molar-refractivity contribution in [2.75, 3.05) is 11.9 Å². The number of aromatic nitrogens is 2. The van der Waals surface area contributed by atoms with Crippen LogP contribution < -0.4 is 5.32 Å². The maximum Gasteiger partial charge on any atom is 0.222 e. The van der Waals surface area contributed by atoms with Gasteiger partial charge in [0.15, 0.2) is 0 Å². The van der Waals surface area contributed by atoms with Crippen molar-refractivity contribution < 1.29 is 0 Å². The average molecular weight is 176 g/mol. The van der Waals surface area contributed by atoms with Crippen molar-refractivity contribution in [3.05, 3.63) is 18.5 Å². The first-order valence-electron chi connectivity index (χ1n) is 4.06. The molecule has 0 unspecified atom stereocenters. The number of nitrogens with zero attached hydrogens (tertiary/aromatic N) is 3. The summed E-state index contributed by atoms with van der Waals surface area (Å²) in [5.74, 6) is 0.561. The molecule has 4 heteroatoms. The summed E-state index contributed by atoms with van der Waals surface area (Å²) in [5.41, 5.74) is -0.390. The average Bonchev–Trinajstić information content (AvgIpc) is 2.17. The van der Waals surface area contributed by atoms with Gasteiger partial charge in [-0.1, -0.05) is 0 Å². The number of hydrogen-bond acceptors (Lipinski definition) is 4. The fourth-order valence-electron chi connectivity index (χ4n) is 0.730. The Kier molecular flexibility index (Phi) is 2.80. The largest absolute Gasteiger partial charge is 0.353 e. The second-order valence-corrected chi connectivity index (χ2v) is 3.42. The summed E-state index contributed by atoms with van der Waals surface area (Å²) < 4.78 is 0. The smallest absolute Gasteiger partial charge is 0.222 e. The predicted octanol–water partition coefficient (Wildman–Crippen LogP) is 1.44. The van der Waals surface area contributed by atoms with Crippen LogP contribution in [0.1, 0.15) is 13.8 Å². The minimum absolute atomic E-state index is 0.390. The molecule has 1 rings (SSSR count). The molecule has 1 N–H and O–H groups in total. The van der Waals surface area contributed by atoms with Crippen molar-refractivity contribution in [1.82, 2.24) is 9.97 Å². The molecule has 0 radical (unpaired) electrons. The molecular formula is C9H12N4. The zero-order valence-electron chi connectivity index (χ0n) is 7.78. The summed E-state index contributed by atoms with van der Waals surface area (Å²) in [4.78, 5) is 7.97. The Balaban J connectivity index is 2.50. The van der Waals surface area contributed by atoms with Crippen molar-refractivity contribution >= 4 is 5.95 Å². The Morgan fingerprint density at radius 2 is 2.08 bits per heavy atom. The Labute approximate surface area is 77.6 Å². The van der Waals surface area contributed by atoms with Crippen LogP contribution in [0.3, 0.4) is 0 Å². The molecule has 0 saturated carbocycles. The lowest BCUT2D eigenvalue weighted by molar-refractivity contribution is 0.527. The minimum atomic E-state index is -0.390. The van der Waals surface area contributed by atoms with E-state index in [4.69, 9.17) is 5.26 Å². The van der Waals surface area contributed by atoms with E-state index in [1.807, 2.05) is 13.8 Å². The Morgan fingerprint density at radius 1 is 1.46 bits per heavy atom. The van der Waals surface area contributed by atoms with Gasteiger partial charge in [0.1, 0.15) is 0 Å². The van der Waals surface area contributed by atoms with E-state index in [1.54, 1.807) is 18.5 Å². The Hall–Kier alpha value is -1.63. The first kappa shape index (κ1) is 9.46. The van der Waals surface area contributed by atoms with E-state index in [9.17, 15) is 0 Å². The van der Waals surface area contributed by atoms with E-state index in [-0.39, 0.29) is 5.41 Å². The molecule has 68 valence electrons. The van der Waals surface area contributed by atoms with Gasteiger partial charge in [0.2, 0.25) is 5.95 Å². The van der Waals surface area contributed by atoms with Crippen molar-refractivity contribution in [1.29, 1.82) is 5.26 Å². The number of nitrogens with one attached hydrogen (secondary N) is 1. The summed E-state index contributed by atoms with van der Waals surface area (Å²) in [6, 6.07) is 3.94. The highest BCUT2D eigenvalue weighted by atomic mass is 15.1. The zero-order chi connectivity index (χ0) is 9.73. The van der Waals surface area contributed by atoms with Crippen LogP contribution in [0.25, 0.3) is 0 Å². The number of nitriles is 1. The highest BCUT2D eigenvalue weighted by molar-refractivity contribution is 5.23. The van der Waals surface area contributed by atoms with Gasteiger partial charge in [-0.2, -0.15) is 5.26 Å².